The number of hydrogen-bond donors (Lipinski definition) is 0. The van der Waals surface area contributed by atoms with Gasteiger partial charge in [-0.05, 0) is 31.1 Å². The van der Waals surface area contributed by atoms with Crippen LogP contribution in [0, 0.1) is 0 Å². The maximum absolute atomic E-state index is 13.7. The molecular weight excluding hydrogens is 368 g/mol. The van der Waals surface area contributed by atoms with E-state index in [1.807, 2.05) is 17.0 Å². The summed E-state index contributed by atoms with van der Waals surface area (Å²) >= 11 is 1.51. The van der Waals surface area contributed by atoms with E-state index >= 15 is 0 Å². The first-order valence-corrected chi connectivity index (χ1v) is 11.4. The van der Waals surface area contributed by atoms with E-state index in [1.54, 1.807) is 4.40 Å². The molecule has 0 radical (unpaired) electrons. The summed E-state index contributed by atoms with van der Waals surface area (Å²) in [6.45, 7) is 7.34. The van der Waals surface area contributed by atoms with E-state index in [4.69, 9.17) is 10.1 Å². The fraction of sp³-hybridized carbons (Fsp3) is 0.500. The molecule has 0 spiro atoms. The minimum absolute atomic E-state index is 0.0462. The number of benzene rings is 1. The second kappa shape index (κ2) is 7.39. The Morgan fingerprint density at radius 2 is 2.00 bits per heavy atom. The smallest absolute Gasteiger partial charge is 0.265 e. The third-order valence-electron chi connectivity index (χ3n) is 6.09. The second-order valence-electron chi connectivity index (χ2n) is 7.94. The van der Waals surface area contributed by atoms with Gasteiger partial charge in [0.15, 0.2) is 5.16 Å². The van der Waals surface area contributed by atoms with Crippen molar-refractivity contribution in [2.45, 2.75) is 70.0 Å². The summed E-state index contributed by atoms with van der Waals surface area (Å²) < 4.78 is 3.65. The predicted octanol–water partition coefficient (Wildman–Crippen LogP) is 4.69. The average Bonchev–Trinajstić information content (AvgIpc) is 3.06. The van der Waals surface area contributed by atoms with E-state index in [0.29, 0.717) is 5.78 Å². The lowest BCUT2D eigenvalue weighted by Crippen LogP contribution is -2.37. The highest BCUT2D eigenvalue weighted by Gasteiger charge is 2.38. The lowest BCUT2D eigenvalue weighted by atomic mass is 9.69. The van der Waals surface area contributed by atoms with Crippen LogP contribution in [0.15, 0.2) is 34.2 Å². The second-order valence-corrected chi connectivity index (χ2v) is 8.71. The molecule has 4 rings (SSSR count). The first-order chi connectivity index (χ1) is 13.5. The van der Waals surface area contributed by atoms with Crippen molar-refractivity contribution in [1.82, 2.24) is 19.2 Å². The van der Waals surface area contributed by atoms with Crippen LogP contribution in [0.4, 0.5) is 0 Å². The number of nitrogens with zero attached hydrogens (tertiary/aromatic N) is 4. The van der Waals surface area contributed by atoms with E-state index < -0.39 is 0 Å². The van der Waals surface area contributed by atoms with Crippen LogP contribution in [0.5, 0.6) is 0 Å². The van der Waals surface area contributed by atoms with Crippen LogP contribution in [0.3, 0.4) is 0 Å². The molecule has 3 aromatic rings. The van der Waals surface area contributed by atoms with Crippen LogP contribution in [0.2, 0.25) is 0 Å². The number of aryl methyl sites for hydroxylation is 1. The van der Waals surface area contributed by atoms with Gasteiger partial charge in [-0.1, -0.05) is 69.6 Å². The van der Waals surface area contributed by atoms with Crippen LogP contribution >= 0.6 is 11.8 Å². The SMILES string of the molecule is CCCCCn1nc(SC)n2c(=O)c3c(nc12)-c1ccccc1C[C@@]3(C)CC. The van der Waals surface area contributed by atoms with Gasteiger partial charge < -0.3 is 0 Å². The van der Waals surface area contributed by atoms with E-state index in [0.717, 1.165) is 60.6 Å². The molecule has 0 amide bonds. The van der Waals surface area contributed by atoms with Gasteiger partial charge in [-0.15, -0.1) is 5.10 Å². The molecule has 0 unspecified atom stereocenters. The normalized spacial score (nSPS) is 18.3. The first-order valence-electron chi connectivity index (χ1n) is 10.2. The van der Waals surface area contributed by atoms with Crippen LogP contribution in [0.1, 0.15) is 57.6 Å². The van der Waals surface area contributed by atoms with E-state index in [9.17, 15) is 4.79 Å². The number of unbranched alkanes of at least 4 members (excludes halogenated alkanes) is 2. The summed E-state index contributed by atoms with van der Waals surface area (Å²) in [7, 11) is 0. The molecule has 28 heavy (non-hydrogen) atoms. The molecule has 5 nitrogen and oxygen atoms in total. The lowest BCUT2D eigenvalue weighted by Gasteiger charge is -2.35. The first kappa shape index (κ1) is 19.2. The quantitative estimate of drug-likeness (QED) is 0.448. The van der Waals surface area contributed by atoms with Crippen LogP contribution < -0.4 is 5.56 Å². The molecule has 148 valence electrons. The molecule has 0 bridgehead atoms. The van der Waals surface area contributed by atoms with Gasteiger partial charge in [-0.3, -0.25) is 4.79 Å². The summed E-state index contributed by atoms with van der Waals surface area (Å²) in [4.78, 5) is 18.8. The maximum atomic E-state index is 13.7. The Morgan fingerprint density at radius 3 is 2.71 bits per heavy atom. The van der Waals surface area contributed by atoms with Gasteiger partial charge in [0.2, 0.25) is 5.78 Å². The Kier molecular flexibility index (Phi) is 5.08. The minimum atomic E-state index is -0.213. The Bertz CT molecular complexity index is 1080. The van der Waals surface area contributed by atoms with Gasteiger partial charge in [0.1, 0.15) is 0 Å². The van der Waals surface area contributed by atoms with Crippen molar-refractivity contribution in [3.8, 4) is 11.3 Å². The molecule has 6 heteroatoms. The summed E-state index contributed by atoms with van der Waals surface area (Å²) in [6, 6.07) is 8.37. The van der Waals surface area contributed by atoms with Crippen LogP contribution in [-0.4, -0.2) is 25.4 Å². The molecule has 0 aliphatic heterocycles. The van der Waals surface area contributed by atoms with Gasteiger partial charge >= 0.3 is 0 Å². The number of fused-ring (bicyclic) bond motifs is 4. The molecular formula is C22H28N4OS. The Morgan fingerprint density at radius 1 is 1.21 bits per heavy atom. The summed E-state index contributed by atoms with van der Waals surface area (Å²) in [5.74, 6) is 0.666. The molecule has 1 aromatic carbocycles. The number of hydrogen-bond acceptors (Lipinski definition) is 4. The van der Waals surface area contributed by atoms with Crippen molar-refractivity contribution in [3.63, 3.8) is 0 Å². The third-order valence-corrected chi connectivity index (χ3v) is 6.72. The largest absolute Gasteiger partial charge is 0.268 e. The standard InChI is InChI=1S/C22H28N4OS/c1-5-7-10-13-25-20-23-18-16-12-9-8-11-15(16)14-22(3,6-2)17(18)19(27)26(20)21(24-25)28-4/h8-9,11-12H,5-7,10,13-14H2,1-4H3/t22-/m1/s1. The molecule has 0 saturated carbocycles. The fourth-order valence-corrected chi connectivity index (χ4v) is 4.82. The van der Waals surface area contributed by atoms with Crippen molar-refractivity contribution >= 4 is 17.5 Å². The molecule has 2 aromatic heterocycles. The minimum Gasteiger partial charge on any atom is -0.268 e. The summed E-state index contributed by atoms with van der Waals surface area (Å²) in [6.07, 6.45) is 7.08. The van der Waals surface area contributed by atoms with Crippen molar-refractivity contribution in [2.75, 3.05) is 6.26 Å². The zero-order valence-corrected chi connectivity index (χ0v) is 18.0. The molecule has 0 N–H and O–H groups in total. The van der Waals surface area contributed by atoms with Gasteiger partial charge in [-0.2, -0.15) is 0 Å². The fourth-order valence-electron chi connectivity index (χ4n) is 4.30. The van der Waals surface area contributed by atoms with Crippen molar-refractivity contribution in [3.05, 3.63) is 45.7 Å². The molecule has 1 atom stereocenters. The van der Waals surface area contributed by atoms with Gasteiger partial charge in [0, 0.05) is 17.5 Å². The van der Waals surface area contributed by atoms with E-state index in [1.165, 1.54) is 17.3 Å². The van der Waals surface area contributed by atoms with E-state index in [-0.39, 0.29) is 11.0 Å². The molecule has 2 heterocycles. The lowest BCUT2D eigenvalue weighted by molar-refractivity contribution is 0.439. The predicted molar refractivity (Wildman–Crippen MR) is 115 cm³/mol. The summed E-state index contributed by atoms with van der Waals surface area (Å²) in [5, 5.41) is 5.45. The Balaban J connectivity index is 2.03. The Labute approximate surface area is 170 Å². The molecule has 0 saturated heterocycles. The van der Waals surface area contributed by atoms with Crippen LogP contribution in [-0.2, 0) is 18.4 Å². The van der Waals surface area contributed by atoms with Crippen molar-refractivity contribution < 1.29 is 0 Å². The van der Waals surface area contributed by atoms with Gasteiger partial charge in [-0.25, -0.2) is 14.1 Å². The monoisotopic (exact) mass is 396 g/mol. The Hall–Kier alpha value is -2.08. The topological polar surface area (TPSA) is 52.2 Å². The van der Waals surface area contributed by atoms with Crippen LogP contribution in [0.25, 0.3) is 17.0 Å². The maximum Gasteiger partial charge on any atom is 0.265 e. The molecule has 1 aliphatic carbocycles. The summed E-state index contributed by atoms with van der Waals surface area (Å²) in [5.41, 5.74) is 3.89. The number of thioether (sulfide) groups is 1. The highest BCUT2D eigenvalue weighted by atomic mass is 32.2. The third kappa shape index (κ3) is 2.89. The number of rotatable bonds is 6. The molecule has 0 fully saturated rings. The van der Waals surface area contributed by atoms with E-state index in [2.05, 4.69) is 39.0 Å². The van der Waals surface area contributed by atoms with Gasteiger partial charge in [0.05, 0.1) is 11.3 Å². The number of aromatic nitrogens is 4. The average molecular weight is 397 g/mol. The van der Waals surface area contributed by atoms with Crippen molar-refractivity contribution in [2.24, 2.45) is 0 Å². The zero-order valence-electron chi connectivity index (χ0n) is 17.2. The molecule has 1 aliphatic rings. The highest BCUT2D eigenvalue weighted by molar-refractivity contribution is 7.98. The van der Waals surface area contributed by atoms with Crippen molar-refractivity contribution in [1.29, 1.82) is 0 Å². The zero-order chi connectivity index (χ0) is 19.9. The highest BCUT2D eigenvalue weighted by Crippen LogP contribution is 2.42. The van der Waals surface area contributed by atoms with Gasteiger partial charge in [0.25, 0.3) is 5.56 Å².